The summed E-state index contributed by atoms with van der Waals surface area (Å²) in [4.78, 5) is 4.02. The molecule has 1 atom stereocenters. The van der Waals surface area contributed by atoms with Crippen molar-refractivity contribution in [3.8, 4) is 0 Å². The molecule has 2 rings (SSSR count). The monoisotopic (exact) mass is 149 g/mol. The second-order valence-electron chi connectivity index (χ2n) is 2.77. The molecule has 1 aliphatic rings. The van der Waals surface area contributed by atoms with Crippen LogP contribution in [0.1, 0.15) is 18.0 Å². The molecule has 0 saturated carbocycles. The summed E-state index contributed by atoms with van der Waals surface area (Å²) < 4.78 is 0. The Balaban J connectivity index is 2.28. The Bertz CT molecular complexity index is 255. The molecule has 0 aliphatic carbocycles. The largest absolute Gasteiger partial charge is 0.383 e. The summed E-state index contributed by atoms with van der Waals surface area (Å²) in [6.45, 7) is 1.10. The predicted octanol–water partition coefficient (Wildman–Crippen LogP) is 0.698. The van der Waals surface area contributed by atoms with E-state index in [1.165, 1.54) is 6.42 Å². The maximum Gasteiger partial charge on any atom is 0.128 e. The van der Waals surface area contributed by atoms with Crippen LogP contribution in [0.15, 0.2) is 18.3 Å². The summed E-state index contributed by atoms with van der Waals surface area (Å²) in [5.74, 6) is 0.657. The van der Waals surface area contributed by atoms with Crippen LogP contribution in [0.5, 0.6) is 0 Å². The molecule has 11 heavy (non-hydrogen) atoms. The SMILES string of the molecule is Nc1ncccc1[C@H]1CCN1. The molecule has 0 unspecified atom stereocenters. The maximum atomic E-state index is 5.68. The predicted molar refractivity (Wildman–Crippen MR) is 44.0 cm³/mol. The number of nitrogens with zero attached hydrogens (tertiary/aromatic N) is 1. The molecule has 1 saturated heterocycles. The molecule has 3 heteroatoms. The Morgan fingerprint density at radius 2 is 2.45 bits per heavy atom. The van der Waals surface area contributed by atoms with Gasteiger partial charge < -0.3 is 11.1 Å². The van der Waals surface area contributed by atoms with Gasteiger partial charge in [0.25, 0.3) is 0 Å². The van der Waals surface area contributed by atoms with Gasteiger partial charge in [-0.3, -0.25) is 0 Å². The van der Waals surface area contributed by atoms with Crippen molar-refractivity contribution in [1.29, 1.82) is 0 Å². The normalized spacial score (nSPS) is 22.7. The van der Waals surface area contributed by atoms with Crippen molar-refractivity contribution < 1.29 is 0 Å². The van der Waals surface area contributed by atoms with Crippen molar-refractivity contribution in [2.75, 3.05) is 12.3 Å². The highest BCUT2D eigenvalue weighted by Gasteiger charge is 2.20. The van der Waals surface area contributed by atoms with Crippen LogP contribution in [0.3, 0.4) is 0 Å². The first-order valence-corrected chi connectivity index (χ1v) is 3.81. The highest BCUT2D eigenvalue weighted by atomic mass is 15.0. The number of hydrogen-bond acceptors (Lipinski definition) is 3. The Hall–Kier alpha value is -1.09. The average molecular weight is 149 g/mol. The molecule has 1 fully saturated rings. The number of hydrogen-bond donors (Lipinski definition) is 2. The fourth-order valence-electron chi connectivity index (χ4n) is 1.28. The lowest BCUT2D eigenvalue weighted by molar-refractivity contribution is 0.383. The fourth-order valence-corrected chi connectivity index (χ4v) is 1.28. The van der Waals surface area contributed by atoms with E-state index in [1.54, 1.807) is 6.20 Å². The average Bonchev–Trinajstić information content (AvgIpc) is 1.90. The minimum absolute atomic E-state index is 0.448. The van der Waals surface area contributed by atoms with Crippen LogP contribution in [0, 0.1) is 0 Å². The number of pyridine rings is 1. The lowest BCUT2D eigenvalue weighted by Crippen LogP contribution is -2.35. The Morgan fingerprint density at radius 3 is 3.00 bits per heavy atom. The van der Waals surface area contributed by atoms with Crippen LogP contribution < -0.4 is 11.1 Å². The summed E-state index contributed by atoms with van der Waals surface area (Å²) in [5, 5.41) is 3.28. The van der Waals surface area contributed by atoms with Crippen molar-refractivity contribution in [3.63, 3.8) is 0 Å². The van der Waals surface area contributed by atoms with Crippen LogP contribution in [0.25, 0.3) is 0 Å². The molecule has 0 spiro atoms. The van der Waals surface area contributed by atoms with E-state index < -0.39 is 0 Å². The lowest BCUT2D eigenvalue weighted by atomic mass is 9.99. The lowest BCUT2D eigenvalue weighted by Gasteiger charge is -2.28. The van der Waals surface area contributed by atoms with Crippen LogP contribution >= 0.6 is 0 Å². The molecule has 3 N–H and O–H groups in total. The molecule has 0 radical (unpaired) electrons. The molecule has 1 aromatic heterocycles. The van der Waals surface area contributed by atoms with Gasteiger partial charge in [-0.15, -0.1) is 0 Å². The standard InChI is InChI=1S/C8H11N3/c9-8-6(2-1-4-11-8)7-3-5-10-7/h1-2,4,7,10H,3,5H2,(H2,9,11)/t7-/m1/s1. The van der Waals surface area contributed by atoms with Crippen LogP contribution in [-0.2, 0) is 0 Å². The molecule has 58 valence electrons. The van der Waals surface area contributed by atoms with E-state index in [4.69, 9.17) is 5.73 Å². The first-order chi connectivity index (χ1) is 5.38. The number of rotatable bonds is 1. The summed E-state index contributed by atoms with van der Waals surface area (Å²) in [6, 6.07) is 4.40. The first kappa shape index (κ1) is 6.61. The van der Waals surface area contributed by atoms with E-state index in [2.05, 4.69) is 10.3 Å². The van der Waals surface area contributed by atoms with E-state index in [1.807, 2.05) is 12.1 Å². The summed E-state index contributed by atoms with van der Waals surface area (Å²) in [5.41, 5.74) is 6.82. The number of nitrogens with two attached hydrogens (primary N) is 1. The third kappa shape index (κ3) is 1.07. The van der Waals surface area contributed by atoms with Gasteiger partial charge in [0.15, 0.2) is 0 Å². The zero-order chi connectivity index (χ0) is 7.68. The number of nitrogen functional groups attached to an aromatic ring is 1. The topological polar surface area (TPSA) is 50.9 Å². The van der Waals surface area contributed by atoms with Crippen molar-refractivity contribution in [2.24, 2.45) is 0 Å². The van der Waals surface area contributed by atoms with Gasteiger partial charge in [-0.2, -0.15) is 0 Å². The quantitative estimate of drug-likeness (QED) is 0.618. The number of aromatic nitrogens is 1. The Labute approximate surface area is 65.6 Å². The van der Waals surface area contributed by atoms with Gasteiger partial charge in [-0.05, 0) is 19.0 Å². The molecular weight excluding hydrogens is 138 g/mol. The van der Waals surface area contributed by atoms with Gasteiger partial charge in [-0.1, -0.05) is 6.07 Å². The van der Waals surface area contributed by atoms with Crippen molar-refractivity contribution in [3.05, 3.63) is 23.9 Å². The van der Waals surface area contributed by atoms with Crippen LogP contribution in [-0.4, -0.2) is 11.5 Å². The Morgan fingerprint density at radius 1 is 1.64 bits per heavy atom. The third-order valence-corrected chi connectivity index (χ3v) is 2.07. The van der Waals surface area contributed by atoms with E-state index >= 15 is 0 Å². The van der Waals surface area contributed by atoms with E-state index in [0.717, 1.165) is 12.1 Å². The molecule has 1 aromatic rings. The van der Waals surface area contributed by atoms with Gasteiger partial charge in [0.05, 0.1) is 0 Å². The second-order valence-corrected chi connectivity index (χ2v) is 2.77. The van der Waals surface area contributed by atoms with Crippen molar-refractivity contribution in [2.45, 2.75) is 12.5 Å². The van der Waals surface area contributed by atoms with Gasteiger partial charge in [-0.25, -0.2) is 4.98 Å². The summed E-state index contributed by atoms with van der Waals surface area (Å²) in [7, 11) is 0. The van der Waals surface area contributed by atoms with Crippen LogP contribution in [0.2, 0.25) is 0 Å². The first-order valence-electron chi connectivity index (χ1n) is 3.81. The number of anilines is 1. The molecule has 2 heterocycles. The Kier molecular flexibility index (Phi) is 1.51. The van der Waals surface area contributed by atoms with E-state index in [9.17, 15) is 0 Å². The van der Waals surface area contributed by atoms with Crippen molar-refractivity contribution in [1.82, 2.24) is 10.3 Å². The zero-order valence-corrected chi connectivity index (χ0v) is 6.25. The molecule has 0 aromatic carbocycles. The highest BCUT2D eigenvalue weighted by Crippen LogP contribution is 2.25. The molecule has 3 nitrogen and oxygen atoms in total. The smallest absolute Gasteiger partial charge is 0.128 e. The second kappa shape index (κ2) is 2.51. The maximum absolute atomic E-state index is 5.68. The van der Waals surface area contributed by atoms with E-state index in [-0.39, 0.29) is 0 Å². The third-order valence-electron chi connectivity index (χ3n) is 2.07. The van der Waals surface area contributed by atoms with E-state index in [0.29, 0.717) is 11.9 Å². The molecule has 1 aliphatic heterocycles. The van der Waals surface area contributed by atoms with Gasteiger partial charge in [0, 0.05) is 17.8 Å². The highest BCUT2D eigenvalue weighted by molar-refractivity contribution is 5.41. The van der Waals surface area contributed by atoms with Gasteiger partial charge in [0.1, 0.15) is 5.82 Å². The molecule has 0 bridgehead atoms. The summed E-state index contributed by atoms with van der Waals surface area (Å²) in [6.07, 6.45) is 2.90. The van der Waals surface area contributed by atoms with Gasteiger partial charge in [0.2, 0.25) is 0 Å². The minimum Gasteiger partial charge on any atom is -0.383 e. The number of nitrogens with one attached hydrogen (secondary N) is 1. The zero-order valence-electron chi connectivity index (χ0n) is 6.25. The fraction of sp³-hybridized carbons (Fsp3) is 0.375. The summed E-state index contributed by atoms with van der Waals surface area (Å²) >= 11 is 0. The molecular formula is C8H11N3. The van der Waals surface area contributed by atoms with Crippen molar-refractivity contribution >= 4 is 5.82 Å². The van der Waals surface area contributed by atoms with Gasteiger partial charge >= 0.3 is 0 Å². The molecule has 0 amide bonds. The van der Waals surface area contributed by atoms with Crippen LogP contribution in [0.4, 0.5) is 5.82 Å². The minimum atomic E-state index is 0.448.